The average molecular weight is 380 g/mol. The molecule has 0 unspecified atom stereocenters. The Bertz CT molecular complexity index is 923. The van der Waals surface area contributed by atoms with Gasteiger partial charge in [0.1, 0.15) is 0 Å². The highest BCUT2D eigenvalue weighted by molar-refractivity contribution is 7.12. The van der Waals surface area contributed by atoms with Gasteiger partial charge in [0.25, 0.3) is 11.8 Å². The van der Waals surface area contributed by atoms with Crippen molar-refractivity contribution in [1.82, 2.24) is 5.32 Å². The van der Waals surface area contributed by atoms with Gasteiger partial charge in [-0.25, -0.2) is 0 Å². The lowest BCUT2D eigenvalue weighted by Gasteiger charge is -2.13. The van der Waals surface area contributed by atoms with E-state index in [0.717, 1.165) is 11.1 Å². The number of hydrogen-bond acceptors (Lipinski definition) is 4. The number of thiophene rings is 1. The second-order valence-corrected chi connectivity index (χ2v) is 6.81. The van der Waals surface area contributed by atoms with E-state index in [1.54, 1.807) is 37.4 Å². The first-order chi connectivity index (χ1) is 13.2. The summed E-state index contributed by atoms with van der Waals surface area (Å²) in [7, 11) is 1.64. The molecule has 0 bridgehead atoms. The van der Waals surface area contributed by atoms with Crippen molar-refractivity contribution in [2.75, 3.05) is 12.4 Å². The Morgan fingerprint density at radius 2 is 1.67 bits per heavy atom. The minimum absolute atomic E-state index is 0.226. The second kappa shape index (κ2) is 9.12. The highest BCUT2D eigenvalue weighted by atomic mass is 32.1. The molecule has 0 spiro atoms. The zero-order valence-electron chi connectivity index (χ0n) is 14.9. The highest BCUT2D eigenvalue weighted by Gasteiger charge is 2.14. The summed E-state index contributed by atoms with van der Waals surface area (Å²) in [6.45, 7) is 0.866. The average Bonchev–Trinajstić information content (AvgIpc) is 3.23. The Kier molecular flexibility index (Phi) is 6.35. The van der Waals surface area contributed by atoms with Crippen LogP contribution in [0.4, 0.5) is 5.69 Å². The van der Waals surface area contributed by atoms with E-state index < -0.39 is 0 Å². The Morgan fingerprint density at radius 3 is 2.41 bits per heavy atom. The monoisotopic (exact) mass is 380 g/mol. The summed E-state index contributed by atoms with van der Waals surface area (Å²) in [4.78, 5) is 25.6. The van der Waals surface area contributed by atoms with Crippen LogP contribution in [0.15, 0.2) is 66.0 Å². The fourth-order valence-electron chi connectivity index (χ4n) is 2.68. The maximum absolute atomic E-state index is 12.7. The van der Waals surface area contributed by atoms with E-state index in [0.29, 0.717) is 29.3 Å². The number of ether oxygens (including phenoxy) is 1. The predicted octanol–water partition coefficient (Wildman–Crippen LogP) is 4.08. The minimum Gasteiger partial charge on any atom is -0.380 e. The van der Waals surface area contributed by atoms with Crippen LogP contribution in [0.3, 0.4) is 0 Å². The Labute approximate surface area is 162 Å². The van der Waals surface area contributed by atoms with E-state index in [1.165, 1.54) is 11.3 Å². The molecule has 0 saturated carbocycles. The summed E-state index contributed by atoms with van der Waals surface area (Å²) in [6.07, 6.45) is 0. The molecular weight excluding hydrogens is 360 g/mol. The number of benzene rings is 2. The van der Waals surface area contributed by atoms with Crippen molar-refractivity contribution in [3.8, 4) is 0 Å². The third-order valence-corrected chi connectivity index (χ3v) is 4.89. The minimum atomic E-state index is -0.246. The largest absolute Gasteiger partial charge is 0.380 e. The third-order valence-electron chi connectivity index (χ3n) is 4.02. The Morgan fingerprint density at radius 1 is 0.926 bits per heavy atom. The summed E-state index contributed by atoms with van der Waals surface area (Å²) >= 11 is 1.35. The second-order valence-electron chi connectivity index (χ2n) is 5.86. The zero-order chi connectivity index (χ0) is 19.1. The normalized spacial score (nSPS) is 10.4. The lowest BCUT2D eigenvalue weighted by atomic mass is 10.1. The van der Waals surface area contributed by atoms with Crippen molar-refractivity contribution in [1.29, 1.82) is 0 Å². The molecule has 0 radical (unpaired) electrons. The Hall–Kier alpha value is -2.96. The van der Waals surface area contributed by atoms with Crippen molar-refractivity contribution in [3.63, 3.8) is 0 Å². The smallest absolute Gasteiger partial charge is 0.265 e. The maximum Gasteiger partial charge on any atom is 0.265 e. The molecule has 0 aliphatic carbocycles. The number of para-hydroxylation sites is 1. The van der Waals surface area contributed by atoms with Gasteiger partial charge in [0.2, 0.25) is 0 Å². The van der Waals surface area contributed by atoms with Gasteiger partial charge in [-0.2, -0.15) is 0 Å². The first-order valence-corrected chi connectivity index (χ1v) is 9.35. The summed E-state index contributed by atoms with van der Waals surface area (Å²) in [5.74, 6) is -0.472. The first-order valence-electron chi connectivity index (χ1n) is 8.47. The van der Waals surface area contributed by atoms with Crippen LogP contribution in [0.5, 0.6) is 0 Å². The van der Waals surface area contributed by atoms with Crippen molar-refractivity contribution in [2.45, 2.75) is 13.2 Å². The van der Waals surface area contributed by atoms with Crippen LogP contribution in [0.2, 0.25) is 0 Å². The molecule has 3 rings (SSSR count). The fourth-order valence-corrected chi connectivity index (χ4v) is 3.30. The van der Waals surface area contributed by atoms with Gasteiger partial charge in [-0.15, -0.1) is 11.3 Å². The molecule has 0 aliphatic rings. The first kappa shape index (κ1) is 18.8. The summed E-state index contributed by atoms with van der Waals surface area (Å²) in [6, 6.07) is 18.3. The summed E-state index contributed by atoms with van der Waals surface area (Å²) < 4.78 is 5.20. The van der Waals surface area contributed by atoms with Gasteiger partial charge in [0, 0.05) is 13.7 Å². The predicted molar refractivity (Wildman–Crippen MR) is 107 cm³/mol. The van der Waals surface area contributed by atoms with Crippen molar-refractivity contribution >= 4 is 28.8 Å². The zero-order valence-corrected chi connectivity index (χ0v) is 15.7. The lowest BCUT2D eigenvalue weighted by molar-refractivity contribution is 0.0951. The van der Waals surface area contributed by atoms with Gasteiger partial charge < -0.3 is 15.4 Å². The number of rotatable bonds is 7. The molecule has 0 saturated heterocycles. The molecule has 5 nitrogen and oxygen atoms in total. The number of nitrogens with one attached hydrogen (secondary N) is 2. The fraction of sp³-hybridized carbons (Fsp3) is 0.143. The van der Waals surface area contributed by atoms with E-state index in [-0.39, 0.29) is 11.8 Å². The molecule has 6 heteroatoms. The van der Waals surface area contributed by atoms with Crippen molar-refractivity contribution < 1.29 is 14.3 Å². The molecule has 3 aromatic rings. The molecule has 0 aliphatic heterocycles. The van der Waals surface area contributed by atoms with Crippen LogP contribution in [0.1, 0.15) is 31.2 Å². The topological polar surface area (TPSA) is 67.4 Å². The van der Waals surface area contributed by atoms with Crippen LogP contribution in [0.25, 0.3) is 0 Å². The molecule has 2 aromatic carbocycles. The van der Waals surface area contributed by atoms with Gasteiger partial charge in [-0.05, 0) is 34.7 Å². The van der Waals surface area contributed by atoms with Crippen molar-refractivity contribution in [3.05, 3.63) is 87.6 Å². The van der Waals surface area contributed by atoms with Crippen LogP contribution < -0.4 is 10.6 Å². The van der Waals surface area contributed by atoms with E-state index >= 15 is 0 Å². The van der Waals surface area contributed by atoms with Gasteiger partial charge >= 0.3 is 0 Å². The van der Waals surface area contributed by atoms with E-state index in [1.807, 2.05) is 35.7 Å². The molecule has 1 aromatic heterocycles. The number of methoxy groups -OCH3 is 1. The van der Waals surface area contributed by atoms with Crippen LogP contribution in [-0.2, 0) is 17.9 Å². The molecular formula is C21H20N2O3S. The Balaban J connectivity index is 1.71. The highest BCUT2D eigenvalue weighted by Crippen LogP contribution is 2.18. The van der Waals surface area contributed by atoms with Crippen LogP contribution in [-0.4, -0.2) is 18.9 Å². The van der Waals surface area contributed by atoms with Crippen LogP contribution >= 0.6 is 11.3 Å². The van der Waals surface area contributed by atoms with Gasteiger partial charge in [-0.1, -0.05) is 42.5 Å². The number of hydrogen-bond donors (Lipinski definition) is 2. The number of carbonyl (C=O) groups excluding carboxylic acids is 2. The summed E-state index contributed by atoms with van der Waals surface area (Å²) in [5.41, 5.74) is 2.93. The van der Waals surface area contributed by atoms with E-state index in [4.69, 9.17) is 4.74 Å². The molecule has 0 fully saturated rings. The van der Waals surface area contributed by atoms with Gasteiger partial charge in [-0.3, -0.25) is 9.59 Å². The molecule has 0 atom stereocenters. The van der Waals surface area contributed by atoms with Gasteiger partial charge in [0.15, 0.2) is 0 Å². The van der Waals surface area contributed by atoms with Gasteiger partial charge in [0.05, 0.1) is 22.7 Å². The molecule has 27 heavy (non-hydrogen) atoms. The quantitative estimate of drug-likeness (QED) is 0.649. The number of carbonyl (C=O) groups is 2. The maximum atomic E-state index is 12.7. The lowest BCUT2D eigenvalue weighted by Crippen LogP contribution is -2.25. The standard InChI is InChI=1S/C21H20N2O3S/c1-26-14-16-8-3-2-7-15(16)13-22-20(24)17-9-4-5-10-18(17)23-21(25)19-11-6-12-27-19/h2-12H,13-14H2,1H3,(H,22,24)(H,23,25). The van der Waals surface area contributed by atoms with E-state index in [9.17, 15) is 9.59 Å². The number of amides is 2. The molecule has 138 valence electrons. The third kappa shape index (κ3) is 4.81. The number of anilines is 1. The molecule has 1 heterocycles. The van der Waals surface area contributed by atoms with Crippen LogP contribution in [0, 0.1) is 0 Å². The molecule has 2 amide bonds. The van der Waals surface area contributed by atoms with Crippen molar-refractivity contribution in [2.24, 2.45) is 0 Å². The summed E-state index contributed by atoms with van der Waals surface area (Å²) in [5, 5.41) is 7.57. The SMILES string of the molecule is COCc1ccccc1CNC(=O)c1ccccc1NC(=O)c1cccs1. The van der Waals surface area contributed by atoms with E-state index in [2.05, 4.69) is 10.6 Å². The molecule has 2 N–H and O–H groups in total.